The van der Waals surface area contributed by atoms with Gasteiger partial charge in [-0.15, -0.1) is 0 Å². The highest BCUT2D eigenvalue weighted by Crippen LogP contribution is 2.33. The van der Waals surface area contributed by atoms with Crippen LogP contribution in [-0.4, -0.2) is 51.3 Å². The molecule has 2 aliphatic heterocycles. The number of nitrogens with one attached hydrogen (secondary N) is 2. The van der Waals surface area contributed by atoms with Gasteiger partial charge in [0.05, 0.1) is 12.1 Å². The van der Waals surface area contributed by atoms with E-state index in [0.717, 1.165) is 25.0 Å². The number of fused-ring (bicyclic) bond motifs is 1. The number of carbonyl (C=O) groups is 3. The summed E-state index contributed by atoms with van der Waals surface area (Å²) < 4.78 is 0. The Hall–Kier alpha value is -1.44. The molecule has 21 heavy (non-hydrogen) atoms. The molecule has 8 heteroatoms. The molecule has 0 bridgehead atoms. The van der Waals surface area contributed by atoms with E-state index >= 15 is 0 Å². The minimum Gasteiger partial charge on any atom is -0.481 e. The van der Waals surface area contributed by atoms with Crippen molar-refractivity contribution in [3.63, 3.8) is 0 Å². The molecule has 0 radical (unpaired) electrons. The summed E-state index contributed by atoms with van der Waals surface area (Å²) in [5.41, 5.74) is 0. The maximum atomic E-state index is 11.1. The molecule has 120 valence electrons. The Labute approximate surface area is 127 Å². The molecule has 2 heterocycles. The lowest BCUT2D eigenvalue weighted by atomic mass is 10.0. The van der Waals surface area contributed by atoms with E-state index in [-0.39, 0.29) is 31.0 Å². The summed E-state index contributed by atoms with van der Waals surface area (Å²) in [6.45, 7) is 1.60. The van der Waals surface area contributed by atoms with Gasteiger partial charge >= 0.3 is 18.0 Å². The molecule has 0 aromatic heterocycles. The molecule has 0 aromatic carbocycles. The molecule has 2 aliphatic rings. The number of carboxylic acid groups (broad SMARTS) is 2. The predicted octanol–water partition coefficient (Wildman–Crippen LogP) is 1.28. The third-order valence-corrected chi connectivity index (χ3v) is 4.88. The number of aliphatic carboxylic acids is 2. The number of carbonyl (C=O) groups excluding carboxylic acids is 1. The Bertz CT molecular complexity index is 391. The molecule has 0 saturated carbocycles. The van der Waals surface area contributed by atoms with Gasteiger partial charge in [0.1, 0.15) is 0 Å². The number of thioether (sulfide) groups is 1. The number of carboxylic acids is 2. The van der Waals surface area contributed by atoms with Crippen LogP contribution >= 0.6 is 11.8 Å². The Morgan fingerprint density at radius 2 is 1.90 bits per heavy atom. The minimum absolute atomic E-state index is 0.0640. The van der Waals surface area contributed by atoms with Gasteiger partial charge in [0.2, 0.25) is 0 Å². The Morgan fingerprint density at radius 3 is 2.48 bits per heavy atom. The van der Waals surface area contributed by atoms with E-state index in [4.69, 9.17) is 10.2 Å². The van der Waals surface area contributed by atoms with Gasteiger partial charge in [-0.05, 0) is 12.8 Å². The van der Waals surface area contributed by atoms with Crippen molar-refractivity contribution in [3.8, 4) is 0 Å². The fraction of sp³-hybridized carbons (Fsp3) is 0.769. The average Bonchev–Trinajstić information content (AvgIpc) is 2.95. The van der Waals surface area contributed by atoms with Gasteiger partial charge in [-0.25, -0.2) is 4.79 Å². The number of urea groups is 1. The molecule has 2 fully saturated rings. The molecule has 2 amide bonds. The first-order chi connectivity index (χ1) is 9.93. The van der Waals surface area contributed by atoms with Gasteiger partial charge < -0.3 is 20.8 Å². The summed E-state index contributed by atoms with van der Waals surface area (Å²) in [6, 6.07) is 0.440. The molecule has 4 N–H and O–H groups in total. The lowest BCUT2D eigenvalue weighted by Gasteiger charge is -2.16. The number of unbranched alkanes of at least 4 members (excludes halogenated alkanes) is 1. The molecule has 3 atom stereocenters. The molecule has 0 unspecified atom stereocenters. The summed E-state index contributed by atoms with van der Waals surface area (Å²) in [7, 11) is 0. The number of amides is 2. The summed E-state index contributed by atoms with van der Waals surface area (Å²) in [6.07, 6.45) is 3.10. The zero-order chi connectivity index (χ0) is 15.8. The van der Waals surface area contributed by atoms with Gasteiger partial charge in [-0.2, -0.15) is 11.8 Å². The van der Waals surface area contributed by atoms with Gasteiger partial charge in [-0.3, -0.25) is 9.59 Å². The van der Waals surface area contributed by atoms with Crippen LogP contribution in [0.2, 0.25) is 0 Å². The van der Waals surface area contributed by atoms with Crippen molar-refractivity contribution < 1.29 is 24.6 Å². The van der Waals surface area contributed by atoms with Crippen LogP contribution in [0, 0.1) is 0 Å². The van der Waals surface area contributed by atoms with Crippen LogP contribution in [0.1, 0.15) is 39.0 Å². The Balaban J connectivity index is 0.000000383. The van der Waals surface area contributed by atoms with Crippen molar-refractivity contribution in [1.29, 1.82) is 0 Å². The lowest BCUT2D eigenvalue weighted by molar-refractivity contribution is -0.137. The zero-order valence-corrected chi connectivity index (χ0v) is 12.8. The van der Waals surface area contributed by atoms with Gasteiger partial charge in [0.25, 0.3) is 0 Å². The first-order valence-electron chi connectivity index (χ1n) is 7.06. The van der Waals surface area contributed by atoms with Crippen LogP contribution < -0.4 is 10.6 Å². The van der Waals surface area contributed by atoms with Crippen molar-refractivity contribution in [2.24, 2.45) is 0 Å². The van der Waals surface area contributed by atoms with E-state index in [0.29, 0.717) is 5.25 Å². The fourth-order valence-electron chi connectivity index (χ4n) is 2.26. The van der Waals surface area contributed by atoms with Crippen LogP contribution in [0.3, 0.4) is 0 Å². The van der Waals surface area contributed by atoms with Gasteiger partial charge in [0, 0.05) is 23.8 Å². The molecule has 2 saturated heterocycles. The predicted molar refractivity (Wildman–Crippen MR) is 79.5 cm³/mol. The first-order valence-corrected chi connectivity index (χ1v) is 8.11. The third kappa shape index (κ3) is 6.24. The quantitative estimate of drug-likeness (QED) is 0.433. The summed E-state index contributed by atoms with van der Waals surface area (Å²) in [5.74, 6) is -0.509. The molecule has 0 aliphatic carbocycles. The van der Waals surface area contributed by atoms with Crippen molar-refractivity contribution >= 4 is 29.7 Å². The van der Waals surface area contributed by atoms with E-state index in [1.165, 1.54) is 0 Å². The largest absolute Gasteiger partial charge is 0.481 e. The fourth-order valence-corrected chi connectivity index (χ4v) is 3.81. The highest BCUT2D eigenvalue weighted by Gasteiger charge is 2.42. The van der Waals surface area contributed by atoms with E-state index in [1.54, 1.807) is 6.92 Å². The second kappa shape index (κ2) is 8.76. The second-order valence-corrected chi connectivity index (χ2v) is 6.28. The third-order valence-electron chi connectivity index (χ3n) is 3.37. The smallest absolute Gasteiger partial charge is 0.315 e. The normalized spacial score (nSPS) is 26.1. The van der Waals surface area contributed by atoms with Crippen molar-refractivity contribution in [3.05, 3.63) is 0 Å². The van der Waals surface area contributed by atoms with E-state index in [9.17, 15) is 14.4 Å². The van der Waals surface area contributed by atoms with Crippen LogP contribution in [0.5, 0.6) is 0 Å². The van der Waals surface area contributed by atoms with Gasteiger partial charge in [-0.1, -0.05) is 13.3 Å². The zero-order valence-electron chi connectivity index (χ0n) is 12.0. The Morgan fingerprint density at radius 1 is 1.24 bits per heavy atom. The number of rotatable bonds is 6. The average molecular weight is 318 g/mol. The lowest BCUT2D eigenvalue weighted by Crippen LogP contribution is -2.36. The van der Waals surface area contributed by atoms with E-state index < -0.39 is 11.9 Å². The monoisotopic (exact) mass is 318 g/mol. The maximum Gasteiger partial charge on any atom is 0.315 e. The van der Waals surface area contributed by atoms with Crippen LogP contribution in [0.15, 0.2) is 0 Å². The van der Waals surface area contributed by atoms with E-state index in [1.807, 2.05) is 11.8 Å². The maximum absolute atomic E-state index is 11.1. The highest BCUT2D eigenvalue weighted by molar-refractivity contribution is 8.00. The van der Waals surface area contributed by atoms with Crippen LogP contribution in [0.4, 0.5) is 4.79 Å². The SMILES string of the molecule is CCC(=O)O.O=C(O)CCCC[C@@H]1SC[C@@H]2NC(=O)N[C@@H]21. The number of hydrogen-bond acceptors (Lipinski definition) is 4. The van der Waals surface area contributed by atoms with Crippen molar-refractivity contribution in [1.82, 2.24) is 10.6 Å². The molecule has 7 nitrogen and oxygen atoms in total. The molecule has 0 spiro atoms. The standard InChI is InChI=1S/C10H16N2O3S.C3H6O2/c13-8(14)4-2-1-3-7-9-6(5-16-7)11-10(15)12-9;1-2-3(4)5/h6-7,9H,1-5H2,(H,13,14)(H2,11,12,15);2H2,1H3,(H,4,5)/t6-,7-,9-;/m0./s1. The molecule has 2 rings (SSSR count). The summed E-state index contributed by atoms with van der Waals surface area (Å²) >= 11 is 1.87. The summed E-state index contributed by atoms with van der Waals surface area (Å²) in [4.78, 5) is 30.8. The van der Waals surface area contributed by atoms with Crippen molar-refractivity contribution in [2.75, 3.05) is 5.75 Å². The Kier molecular flexibility index (Phi) is 7.35. The van der Waals surface area contributed by atoms with Crippen LogP contribution in [0.25, 0.3) is 0 Å². The minimum atomic E-state index is -0.745. The summed E-state index contributed by atoms with van der Waals surface area (Å²) in [5, 5.41) is 22.5. The van der Waals surface area contributed by atoms with Crippen molar-refractivity contribution in [2.45, 2.75) is 56.4 Å². The second-order valence-electron chi connectivity index (χ2n) is 5.01. The van der Waals surface area contributed by atoms with Crippen LogP contribution in [-0.2, 0) is 9.59 Å². The topological polar surface area (TPSA) is 116 Å². The highest BCUT2D eigenvalue weighted by atomic mass is 32.2. The molecular formula is C13H22N2O5S. The van der Waals surface area contributed by atoms with Gasteiger partial charge in [0.15, 0.2) is 0 Å². The first kappa shape index (κ1) is 17.6. The van der Waals surface area contributed by atoms with E-state index in [2.05, 4.69) is 10.6 Å². The molecular weight excluding hydrogens is 296 g/mol. The number of hydrogen-bond donors (Lipinski definition) is 4. The molecule has 0 aromatic rings.